The molecule has 0 aliphatic rings. The number of aromatic nitrogens is 4. The molecule has 0 bridgehead atoms. The molecule has 7 heteroatoms. The summed E-state index contributed by atoms with van der Waals surface area (Å²) in [7, 11) is 0. The number of halogens is 1. The molecule has 1 N–H and O–H groups in total. The fraction of sp³-hybridized carbons (Fsp3) is 0.0909. The normalized spacial score (nSPS) is 10.5. The molecule has 29 heavy (non-hydrogen) atoms. The zero-order chi connectivity index (χ0) is 20.2. The SMILES string of the molecule is Cc1cccc(Cl)c1CNc1ccc(-n2nc(-c3cccnc3)nc2C#N)cc1. The molecule has 4 rings (SSSR count). The van der Waals surface area contributed by atoms with Crippen LogP contribution in [0, 0.1) is 18.3 Å². The summed E-state index contributed by atoms with van der Waals surface area (Å²) in [6.45, 7) is 2.67. The maximum Gasteiger partial charge on any atom is 0.236 e. The minimum absolute atomic E-state index is 0.219. The van der Waals surface area contributed by atoms with Crippen LogP contribution in [0.2, 0.25) is 5.02 Å². The number of nitrogens with zero attached hydrogens (tertiary/aromatic N) is 5. The lowest BCUT2D eigenvalue weighted by Crippen LogP contribution is -2.03. The molecular weight excluding hydrogens is 384 g/mol. The molecular formula is C22H17ClN6. The first-order chi connectivity index (χ1) is 14.2. The fourth-order valence-electron chi connectivity index (χ4n) is 2.98. The Bertz CT molecular complexity index is 1160. The van der Waals surface area contributed by atoms with E-state index in [9.17, 15) is 5.26 Å². The smallest absolute Gasteiger partial charge is 0.236 e. The average molecular weight is 401 g/mol. The lowest BCUT2D eigenvalue weighted by Gasteiger charge is -2.11. The van der Waals surface area contributed by atoms with Gasteiger partial charge in [-0.05, 0) is 60.5 Å². The van der Waals surface area contributed by atoms with Gasteiger partial charge in [-0.3, -0.25) is 4.98 Å². The lowest BCUT2D eigenvalue weighted by atomic mass is 10.1. The van der Waals surface area contributed by atoms with Crippen LogP contribution in [-0.2, 0) is 6.54 Å². The van der Waals surface area contributed by atoms with Crippen molar-refractivity contribution in [3.63, 3.8) is 0 Å². The summed E-state index contributed by atoms with van der Waals surface area (Å²) >= 11 is 6.29. The van der Waals surface area contributed by atoms with Crippen LogP contribution in [0.5, 0.6) is 0 Å². The Labute approximate surface area is 173 Å². The highest BCUT2D eigenvalue weighted by atomic mass is 35.5. The molecule has 0 saturated heterocycles. The van der Waals surface area contributed by atoms with Crippen LogP contribution >= 0.6 is 11.6 Å². The number of anilines is 1. The number of nitrogens with one attached hydrogen (secondary N) is 1. The molecule has 4 aromatic rings. The van der Waals surface area contributed by atoms with Crippen molar-refractivity contribution in [3.8, 4) is 23.1 Å². The van der Waals surface area contributed by atoms with E-state index in [0.29, 0.717) is 12.4 Å². The van der Waals surface area contributed by atoms with E-state index in [1.807, 2.05) is 61.5 Å². The highest BCUT2D eigenvalue weighted by Crippen LogP contribution is 2.22. The highest BCUT2D eigenvalue weighted by Gasteiger charge is 2.13. The van der Waals surface area contributed by atoms with Crippen LogP contribution in [0.4, 0.5) is 5.69 Å². The molecule has 2 heterocycles. The summed E-state index contributed by atoms with van der Waals surface area (Å²) in [5.74, 6) is 0.683. The van der Waals surface area contributed by atoms with Crippen molar-refractivity contribution in [2.45, 2.75) is 13.5 Å². The fourth-order valence-corrected chi connectivity index (χ4v) is 3.27. The molecule has 142 valence electrons. The van der Waals surface area contributed by atoms with Crippen molar-refractivity contribution < 1.29 is 0 Å². The summed E-state index contributed by atoms with van der Waals surface area (Å²) in [5, 5.41) is 18.0. The minimum Gasteiger partial charge on any atom is -0.381 e. The van der Waals surface area contributed by atoms with Crippen molar-refractivity contribution in [2.75, 3.05) is 5.32 Å². The predicted molar refractivity (Wildman–Crippen MR) is 113 cm³/mol. The molecule has 2 aromatic heterocycles. The van der Waals surface area contributed by atoms with Crippen molar-refractivity contribution in [3.05, 3.63) is 89.0 Å². The van der Waals surface area contributed by atoms with Crippen molar-refractivity contribution in [1.82, 2.24) is 19.7 Å². The molecule has 0 fully saturated rings. The third-order valence-corrected chi connectivity index (χ3v) is 4.92. The van der Waals surface area contributed by atoms with Gasteiger partial charge < -0.3 is 5.32 Å². The van der Waals surface area contributed by atoms with E-state index in [-0.39, 0.29) is 5.82 Å². The van der Waals surface area contributed by atoms with Gasteiger partial charge in [-0.1, -0.05) is 23.7 Å². The van der Waals surface area contributed by atoms with E-state index in [1.165, 1.54) is 4.68 Å². The first kappa shape index (κ1) is 18.7. The summed E-state index contributed by atoms with van der Waals surface area (Å²) in [6, 6.07) is 19.3. The lowest BCUT2D eigenvalue weighted by molar-refractivity contribution is 0.865. The Morgan fingerprint density at radius 3 is 2.62 bits per heavy atom. The second-order valence-electron chi connectivity index (χ2n) is 6.46. The van der Waals surface area contributed by atoms with E-state index < -0.39 is 0 Å². The third kappa shape index (κ3) is 3.96. The Hall–Kier alpha value is -3.69. The second kappa shape index (κ2) is 8.13. The number of aryl methyl sites for hydroxylation is 1. The second-order valence-corrected chi connectivity index (χ2v) is 6.87. The first-order valence-corrected chi connectivity index (χ1v) is 9.39. The van der Waals surface area contributed by atoms with Crippen LogP contribution in [0.1, 0.15) is 17.0 Å². The van der Waals surface area contributed by atoms with Gasteiger partial charge in [-0.25, -0.2) is 4.68 Å². The molecule has 0 aliphatic carbocycles. The van der Waals surface area contributed by atoms with E-state index in [0.717, 1.165) is 33.1 Å². The van der Waals surface area contributed by atoms with Crippen LogP contribution in [-0.4, -0.2) is 19.7 Å². The number of hydrogen-bond acceptors (Lipinski definition) is 5. The van der Waals surface area contributed by atoms with Crippen molar-refractivity contribution >= 4 is 17.3 Å². The van der Waals surface area contributed by atoms with Gasteiger partial charge >= 0.3 is 0 Å². The average Bonchev–Trinajstić information content (AvgIpc) is 3.19. The van der Waals surface area contributed by atoms with E-state index in [4.69, 9.17) is 11.6 Å². The zero-order valence-electron chi connectivity index (χ0n) is 15.7. The largest absolute Gasteiger partial charge is 0.381 e. The molecule has 0 radical (unpaired) electrons. The maximum atomic E-state index is 9.44. The zero-order valence-corrected chi connectivity index (χ0v) is 16.4. The Kier molecular flexibility index (Phi) is 5.23. The van der Waals surface area contributed by atoms with Gasteiger partial charge in [-0.2, -0.15) is 10.2 Å². The molecule has 0 saturated carbocycles. The maximum absolute atomic E-state index is 9.44. The van der Waals surface area contributed by atoms with E-state index in [1.54, 1.807) is 12.4 Å². The van der Waals surface area contributed by atoms with Gasteiger partial charge in [-0.15, -0.1) is 5.10 Å². The van der Waals surface area contributed by atoms with Gasteiger partial charge in [0.1, 0.15) is 6.07 Å². The summed E-state index contributed by atoms with van der Waals surface area (Å²) in [6.07, 6.45) is 3.35. The molecule has 0 spiro atoms. The van der Waals surface area contributed by atoms with Crippen LogP contribution in [0.15, 0.2) is 67.0 Å². The molecule has 0 amide bonds. The monoisotopic (exact) mass is 400 g/mol. The summed E-state index contributed by atoms with van der Waals surface area (Å²) in [5.41, 5.74) is 4.67. The minimum atomic E-state index is 0.219. The number of hydrogen-bond donors (Lipinski definition) is 1. The van der Waals surface area contributed by atoms with Crippen LogP contribution in [0.3, 0.4) is 0 Å². The number of rotatable bonds is 5. The summed E-state index contributed by atoms with van der Waals surface area (Å²) in [4.78, 5) is 8.39. The van der Waals surface area contributed by atoms with Crippen molar-refractivity contribution in [1.29, 1.82) is 5.26 Å². The molecule has 2 aromatic carbocycles. The third-order valence-electron chi connectivity index (χ3n) is 4.56. The van der Waals surface area contributed by atoms with Gasteiger partial charge in [0.25, 0.3) is 0 Å². The Morgan fingerprint density at radius 2 is 1.93 bits per heavy atom. The highest BCUT2D eigenvalue weighted by molar-refractivity contribution is 6.31. The van der Waals surface area contributed by atoms with Gasteiger partial charge in [0.05, 0.1) is 5.69 Å². The quantitative estimate of drug-likeness (QED) is 0.521. The standard InChI is InChI=1S/C22H17ClN6/c1-15-4-2-6-20(23)19(15)14-26-17-7-9-18(10-8-17)29-21(12-24)27-22(28-29)16-5-3-11-25-13-16/h2-11,13,26H,14H2,1H3. The van der Waals surface area contributed by atoms with Gasteiger partial charge in [0, 0.05) is 35.2 Å². The Balaban J connectivity index is 1.55. The van der Waals surface area contributed by atoms with Crippen LogP contribution < -0.4 is 5.32 Å². The molecule has 0 atom stereocenters. The van der Waals surface area contributed by atoms with Gasteiger partial charge in [0.2, 0.25) is 5.82 Å². The van der Waals surface area contributed by atoms with Gasteiger partial charge in [0.15, 0.2) is 5.82 Å². The topological polar surface area (TPSA) is 79.4 Å². The molecule has 6 nitrogen and oxygen atoms in total. The predicted octanol–water partition coefficient (Wildman–Crippen LogP) is 4.77. The number of nitriles is 1. The molecule has 0 unspecified atom stereocenters. The van der Waals surface area contributed by atoms with Crippen molar-refractivity contribution in [2.24, 2.45) is 0 Å². The van der Waals surface area contributed by atoms with Crippen LogP contribution in [0.25, 0.3) is 17.1 Å². The molecule has 0 aliphatic heterocycles. The van der Waals surface area contributed by atoms with E-state index in [2.05, 4.69) is 26.5 Å². The Morgan fingerprint density at radius 1 is 1.10 bits per heavy atom. The summed E-state index contributed by atoms with van der Waals surface area (Å²) < 4.78 is 1.53. The van der Waals surface area contributed by atoms with E-state index >= 15 is 0 Å². The number of pyridine rings is 1. The first-order valence-electron chi connectivity index (χ1n) is 9.01. The number of benzene rings is 2.